The third-order valence-corrected chi connectivity index (χ3v) is 4.87. The average molecular weight is 304 g/mol. The maximum Gasteiger partial charge on any atom is 0.317 e. The average Bonchev–Trinajstić information content (AvgIpc) is 3.04. The quantitative estimate of drug-likeness (QED) is 0.873. The number of hydrogen-bond donors (Lipinski definition) is 1. The Bertz CT molecular complexity index is 492. The van der Waals surface area contributed by atoms with Gasteiger partial charge >= 0.3 is 6.03 Å². The van der Waals surface area contributed by atoms with Crippen LogP contribution in [0.25, 0.3) is 0 Å². The van der Waals surface area contributed by atoms with E-state index in [0.29, 0.717) is 6.54 Å². The predicted molar refractivity (Wildman–Crippen MR) is 89.5 cm³/mol. The van der Waals surface area contributed by atoms with Crippen LogP contribution in [-0.4, -0.2) is 37.7 Å². The van der Waals surface area contributed by atoms with Crippen LogP contribution in [0.3, 0.4) is 0 Å². The fraction of sp³-hybridized carbons (Fsp3) is 0.611. The first-order valence-corrected chi connectivity index (χ1v) is 8.33. The van der Waals surface area contributed by atoms with E-state index in [4.69, 9.17) is 4.74 Å². The first-order chi connectivity index (χ1) is 10.7. The summed E-state index contributed by atoms with van der Waals surface area (Å²) in [6.07, 6.45) is 4.62. The SMILES string of the molecule is CCN(CC)C(=O)NCC1(c2ccccc2OC)CCCC1. The summed E-state index contributed by atoms with van der Waals surface area (Å²) >= 11 is 0. The number of carbonyl (C=O) groups is 1. The van der Waals surface area contributed by atoms with Gasteiger partial charge in [0.25, 0.3) is 0 Å². The van der Waals surface area contributed by atoms with Crippen LogP contribution in [0, 0.1) is 0 Å². The van der Waals surface area contributed by atoms with E-state index >= 15 is 0 Å². The van der Waals surface area contributed by atoms with Gasteiger partial charge in [-0.15, -0.1) is 0 Å². The Balaban J connectivity index is 2.17. The molecule has 1 fully saturated rings. The number of ether oxygens (including phenoxy) is 1. The predicted octanol–water partition coefficient (Wildman–Crippen LogP) is 3.56. The van der Waals surface area contributed by atoms with E-state index in [1.54, 1.807) is 7.11 Å². The lowest BCUT2D eigenvalue weighted by molar-refractivity contribution is 0.199. The lowest BCUT2D eigenvalue weighted by Gasteiger charge is -2.32. The molecule has 1 aliphatic carbocycles. The Labute approximate surface area is 133 Å². The smallest absolute Gasteiger partial charge is 0.317 e. The van der Waals surface area contributed by atoms with Gasteiger partial charge in [0.05, 0.1) is 7.11 Å². The highest BCUT2D eigenvalue weighted by atomic mass is 16.5. The van der Waals surface area contributed by atoms with Crippen molar-refractivity contribution in [2.24, 2.45) is 0 Å². The second-order valence-electron chi connectivity index (χ2n) is 6.02. The molecule has 0 spiro atoms. The molecule has 0 bridgehead atoms. The van der Waals surface area contributed by atoms with E-state index in [9.17, 15) is 4.79 Å². The number of urea groups is 1. The van der Waals surface area contributed by atoms with Crippen LogP contribution in [-0.2, 0) is 5.41 Å². The molecule has 0 atom stereocenters. The minimum atomic E-state index is 0.00934. The van der Waals surface area contributed by atoms with Crippen LogP contribution in [0.1, 0.15) is 45.1 Å². The van der Waals surface area contributed by atoms with Crippen LogP contribution < -0.4 is 10.1 Å². The molecule has 0 aromatic heterocycles. The summed E-state index contributed by atoms with van der Waals surface area (Å²) in [6.45, 7) is 6.18. The summed E-state index contributed by atoms with van der Waals surface area (Å²) < 4.78 is 5.56. The molecule has 1 aromatic carbocycles. The number of nitrogens with zero attached hydrogens (tertiary/aromatic N) is 1. The third kappa shape index (κ3) is 3.37. The van der Waals surface area contributed by atoms with Gasteiger partial charge in [0.2, 0.25) is 0 Å². The minimum absolute atomic E-state index is 0.00934. The Morgan fingerprint density at radius 1 is 1.23 bits per heavy atom. The molecule has 1 saturated carbocycles. The van der Waals surface area contributed by atoms with Crippen LogP contribution in [0.15, 0.2) is 24.3 Å². The van der Waals surface area contributed by atoms with E-state index in [1.165, 1.54) is 18.4 Å². The normalized spacial score (nSPS) is 16.3. The number of methoxy groups -OCH3 is 1. The summed E-state index contributed by atoms with van der Waals surface area (Å²) in [5.74, 6) is 0.932. The Morgan fingerprint density at radius 3 is 2.45 bits per heavy atom. The van der Waals surface area contributed by atoms with Crippen molar-refractivity contribution < 1.29 is 9.53 Å². The second kappa shape index (κ2) is 7.52. The van der Waals surface area contributed by atoms with Crippen molar-refractivity contribution in [2.75, 3.05) is 26.7 Å². The molecule has 1 aliphatic rings. The molecule has 0 saturated heterocycles. The standard InChI is InChI=1S/C18H28N2O2/c1-4-20(5-2)17(21)19-14-18(12-8-9-13-18)15-10-6-7-11-16(15)22-3/h6-7,10-11H,4-5,8-9,12-14H2,1-3H3,(H,19,21). The third-order valence-electron chi connectivity index (χ3n) is 4.87. The first kappa shape index (κ1) is 16.7. The van der Waals surface area contributed by atoms with Gasteiger partial charge in [0.1, 0.15) is 5.75 Å². The van der Waals surface area contributed by atoms with Gasteiger partial charge in [-0.1, -0.05) is 31.0 Å². The number of amides is 2. The number of carbonyl (C=O) groups excluding carboxylic acids is 1. The lowest BCUT2D eigenvalue weighted by Crippen LogP contribution is -2.45. The number of hydrogen-bond acceptors (Lipinski definition) is 2. The van der Waals surface area contributed by atoms with Crippen molar-refractivity contribution in [3.05, 3.63) is 29.8 Å². The molecular weight excluding hydrogens is 276 g/mol. The van der Waals surface area contributed by atoms with Gasteiger partial charge in [0.15, 0.2) is 0 Å². The summed E-state index contributed by atoms with van der Waals surface area (Å²) in [5, 5.41) is 3.15. The maximum absolute atomic E-state index is 12.3. The Hall–Kier alpha value is -1.71. The van der Waals surface area contributed by atoms with Gasteiger partial charge in [0, 0.05) is 30.6 Å². The molecule has 0 unspecified atom stereocenters. The monoisotopic (exact) mass is 304 g/mol. The van der Waals surface area contributed by atoms with Gasteiger partial charge in [-0.2, -0.15) is 0 Å². The summed E-state index contributed by atoms with van der Waals surface area (Å²) in [6, 6.07) is 8.25. The highest BCUT2D eigenvalue weighted by molar-refractivity contribution is 5.74. The van der Waals surface area contributed by atoms with Crippen molar-refractivity contribution >= 4 is 6.03 Å². The van der Waals surface area contributed by atoms with E-state index in [1.807, 2.05) is 30.9 Å². The lowest BCUT2D eigenvalue weighted by atomic mass is 9.78. The topological polar surface area (TPSA) is 41.6 Å². The highest BCUT2D eigenvalue weighted by Gasteiger charge is 2.38. The molecule has 1 N–H and O–H groups in total. The summed E-state index contributed by atoms with van der Waals surface area (Å²) in [5.41, 5.74) is 1.24. The minimum Gasteiger partial charge on any atom is -0.496 e. The summed E-state index contributed by atoms with van der Waals surface area (Å²) in [4.78, 5) is 14.1. The molecule has 1 aromatic rings. The van der Waals surface area contributed by atoms with Crippen molar-refractivity contribution in [2.45, 2.75) is 44.9 Å². The summed E-state index contributed by atoms with van der Waals surface area (Å²) in [7, 11) is 1.72. The number of nitrogens with one attached hydrogen (secondary N) is 1. The van der Waals surface area contributed by atoms with Crippen molar-refractivity contribution in [1.29, 1.82) is 0 Å². The first-order valence-electron chi connectivity index (χ1n) is 8.33. The van der Waals surface area contributed by atoms with Crippen LogP contribution >= 0.6 is 0 Å². The van der Waals surface area contributed by atoms with E-state index in [-0.39, 0.29) is 11.4 Å². The Kier molecular flexibility index (Phi) is 5.69. The molecule has 2 rings (SSSR count). The highest BCUT2D eigenvalue weighted by Crippen LogP contribution is 2.44. The molecule has 22 heavy (non-hydrogen) atoms. The molecule has 2 amide bonds. The van der Waals surface area contributed by atoms with E-state index in [2.05, 4.69) is 17.4 Å². The zero-order valence-corrected chi connectivity index (χ0v) is 14.0. The zero-order chi connectivity index (χ0) is 16.0. The number of benzene rings is 1. The second-order valence-corrected chi connectivity index (χ2v) is 6.02. The van der Waals surface area contributed by atoms with Crippen molar-refractivity contribution in [3.8, 4) is 5.75 Å². The zero-order valence-electron chi connectivity index (χ0n) is 14.0. The number of rotatable bonds is 6. The van der Waals surface area contributed by atoms with Crippen LogP contribution in [0.5, 0.6) is 5.75 Å². The molecule has 0 aliphatic heterocycles. The Morgan fingerprint density at radius 2 is 1.86 bits per heavy atom. The number of para-hydroxylation sites is 1. The molecular formula is C18H28N2O2. The van der Waals surface area contributed by atoms with E-state index in [0.717, 1.165) is 31.7 Å². The molecule has 4 nitrogen and oxygen atoms in total. The molecule has 122 valence electrons. The fourth-order valence-electron chi connectivity index (χ4n) is 3.54. The van der Waals surface area contributed by atoms with Crippen LogP contribution in [0.2, 0.25) is 0 Å². The molecule has 0 heterocycles. The van der Waals surface area contributed by atoms with Gasteiger partial charge in [-0.3, -0.25) is 0 Å². The van der Waals surface area contributed by atoms with E-state index < -0.39 is 0 Å². The van der Waals surface area contributed by atoms with Crippen molar-refractivity contribution in [3.63, 3.8) is 0 Å². The van der Waals surface area contributed by atoms with Gasteiger partial charge in [-0.25, -0.2) is 4.79 Å². The molecule has 0 radical (unpaired) electrons. The van der Waals surface area contributed by atoms with Crippen molar-refractivity contribution in [1.82, 2.24) is 10.2 Å². The van der Waals surface area contributed by atoms with Crippen LogP contribution in [0.4, 0.5) is 4.79 Å². The fourth-order valence-corrected chi connectivity index (χ4v) is 3.54. The largest absolute Gasteiger partial charge is 0.496 e. The maximum atomic E-state index is 12.3. The van der Waals surface area contributed by atoms with Gasteiger partial charge in [-0.05, 0) is 32.8 Å². The van der Waals surface area contributed by atoms with Gasteiger partial charge < -0.3 is 15.0 Å². The molecule has 4 heteroatoms.